The number of aliphatic carboxylic acids is 1. The maximum atomic E-state index is 12.2. The van der Waals surface area contributed by atoms with Crippen LogP contribution in [-0.4, -0.2) is 52.9 Å². The van der Waals surface area contributed by atoms with Crippen LogP contribution >= 0.6 is 11.8 Å². The van der Waals surface area contributed by atoms with Crippen molar-refractivity contribution in [1.82, 2.24) is 10.2 Å². The van der Waals surface area contributed by atoms with E-state index in [-0.39, 0.29) is 18.0 Å². The van der Waals surface area contributed by atoms with Crippen LogP contribution in [0.4, 0.5) is 0 Å². The number of thioether (sulfide) groups is 1. The summed E-state index contributed by atoms with van der Waals surface area (Å²) in [5.41, 5.74) is -0.178. The molecule has 0 saturated carbocycles. The Morgan fingerprint density at radius 3 is 2.64 bits per heavy atom. The lowest BCUT2D eigenvalue weighted by molar-refractivity contribution is -0.160. The first kappa shape index (κ1) is 19.4. The minimum Gasteiger partial charge on any atom is -0.477 e. The minimum absolute atomic E-state index is 0.178. The summed E-state index contributed by atoms with van der Waals surface area (Å²) in [5.74, 6) is -3.03. The Balaban J connectivity index is 2.14. The van der Waals surface area contributed by atoms with Crippen LogP contribution in [0.25, 0.3) is 0 Å². The average Bonchev–Trinajstić information content (AvgIpc) is 2.76. The van der Waals surface area contributed by atoms with E-state index < -0.39 is 40.3 Å². The van der Waals surface area contributed by atoms with Gasteiger partial charge in [0.05, 0.1) is 18.1 Å². The molecule has 1 fully saturated rings. The average molecular weight is 392 g/mol. The molecule has 0 unspecified atom stereocenters. The highest BCUT2D eigenvalue weighted by molar-refractivity contribution is 8.05. The normalized spacial score (nSPS) is 24.3. The number of carbonyl (C=O) groups excluding carboxylic acids is 2. The van der Waals surface area contributed by atoms with Crippen molar-refractivity contribution >= 4 is 39.9 Å². The summed E-state index contributed by atoms with van der Waals surface area (Å²) in [7, 11) is -4.72. The molecule has 2 aliphatic rings. The third kappa shape index (κ3) is 4.21. The number of nitrogens with one attached hydrogen (secondary N) is 1. The summed E-state index contributed by atoms with van der Waals surface area (Å²) >= 11 is 1.04. The van der Waals surface area contributed by atoms with Crippen molar-refractivity contribution in [2.75, 3.05) is 0 Å². The summed E-state index contributed by atoms with van der Waals surface area (Å²) < 4.78 is 34.8. The maximum Gasteiger partial charge on any atom is 0.397 e. The Kier molecular flexibility index (Phi) is 5.56. The zero-order valence-electron chi connectivity index (χ0n) is 13.2. The topological polar surface area (TPSA) is 150 Å². The van der Waals surface area contributed by atoms with E-state index in [9.17, 15) is 27.9 Å². The molecule has 0 aromatic rings. The van der Waals surface area contributed by atoms with Crippen molar-refractivity contribution in [3.05, 3.63) is 22.2 Å². The molecular formula is C13H16N2O8S2. The van der Waals surface area contributed by atoms with Crippen LogP contribution in [-0.2, 0) is 29.0 Å². The van der Waals surface area contributed by atoms with Crippen LogP contribution in [0, 0.1) is 5.92 Å². The number of carbonyl (C=O) groups is 3. The van der Waals surface area contributed by atoms with Gasteiger partial charge < -0.3 is 15.3 Å². The molecule has 138 valence electrons. The van der Waals surface area contributed by atoms with E-state index in [4.69, 9.17) is 4.55 Å². The highest BCUT2D eigenvalue weighted by Gasteiger charge is 2.57. The molecule has 3 N–H and O–H groups in total. The zero-order chi connectivity index (χ0) is 18.9. The Hall–Kier alpha value is -1.89. The van der Waals surface area contributed by atoms with Crippen molar-refractivity contribution in [2.45, 2.75) is 32.4 Å². The maximum absolute atomic E-state index is 12.2. The van der Waals surface area contributed by atoms with Gasteiger partial charge in [0.25, 0.3) is 0 Å². The smallest absolute Gasteiger partial charge is 0.397 e. The second-order valence-corrected chi connectivity index (χ2v) is 7.48. The molecule has 2 aliphatic heterocycles. The highest BCUT2D eigenvalue weighted by atomic mass is 32.3. The number of carboxylic acid groups (broad SMARTS) is 1. The van der Waals surface area contributed by atoms with Gasteiger partial charge in [-0.25, -0.2) is 8.98 Å². The van der Waals surface area contributed by atoms with Gasteiger partial charge in [0.2, 0.25) is 11.8 Å². The molecule has 3 atom stereocenters. The van der Waals surface area contributed by atoms with Gasteiger partial charge in [0.1, 0.15) is 5.70 Å². The van der Waals surface area contributed by atoms with Crippen LogP contribution in [0.3, 0.4) is 0 Å². The van der Waals surface area contributed by atoms with E-state index in [1.165, 1.54) is 25.5 Å². The first-order valence-corrected chi connectivity index (χ1v) is 9.31. The quantitative estimate of drug-likeness (QED) is 0.403. The second kappa shape index (κ2) is 7.15. The highest BCUT2D eigenvalue weighted by Crippen LogP contribution is 2.47. The van der Waals surface area contributed by atoms with Gasteiger partial charge >= 0.3 is 16.4 Å². The summed E-state index contributed by atoms with van der Waals surface area (Å²) in [6.45, 7) is 2.63. The van der Waals surface area contributed by atoms with Crippen LogP contribution in [0.2, 0.25) is 0 Å². The Bertz CT molecular complexity index is 773. The first-order valence-electron chi connectivity index (χ1n) is 7.07. The van der Waals surface area contributed by atoms with Gasteiger partial charge in [-0.1, -0.05) is 11.8 Å². The molecule has 2 heterocycles. The molecule has 2 amide bonds. The fourth-order valence-corrected chi connectivity index (χ4v) is 4.21. The Labute approximate surface area is 147 Å². The number of hydrogen-bond acceptors (Lipinski definition) is 7. The number of β-lactam (4-membered cyclic amide) rings is 1. The van der Waals surface area contributed by atoms with E-state index >= 15 is 0 Å². The van der Waals surface area contributed by atoms with Gasteiger partial charge in [0.15, 0.2) is 0 Å². The zero-order valence-corrected chi connectivity index (χ0v) is 14.8. The molecule has 0 spiro atoms. The molecule has 0 radical (unpaired) electrons. The van der Waals surface area contributed by atoms with Crippen molar-refractivity contribution in [1.29, 1.82) is 0 Å². The van der Waals surface area contributed by atoms with Crippen LogP contribution in [0.15, 0.2) is 22.2 Å². The Morgan fingerprint density at radius 2 is 2.12 bits per heavy atom. The van der Waals surface area contributed by atoms with Crippen LogP contribution in [0.5, 0.6) is 0 Å². The largest absolute Gasteiger partial charge is 0.477 e. The van der Waals surface area contributed by atoms with E-state index in [0.29, 0.717) is 4.91 Å². The number of nitrogens with zero attached hydrogens (tertiary/aromatic N) is 1. The third-order valence-corrected chi connectivity index (χ3v) is 5.18. The summed E-state index contributed by atoms with van der Waals surface area (Å²) in [4.78, 5) is 36.0. The molecule has 25 heavy (non-hydrogen) atoms. The van der Waals surface area contributed by atoms with E-state index in [1.807, 2.05) is 0 Å². The third-order valence-electron chi connectivity index (χ3n) is 3.71. The predicted octanol–water partition coefficient (Wildman–Crippen LogP) is 0.0617. The van der Waals surface area contributed by atoms with Crippen molar-refractivity contribution in [3.63, 3.8) is 0 Å². The molecule has 0 aromatic carbocycles. The van der Waals surface area contributed by atoms with Crippen molar-refractivity contribution < 1.29 is 36.6 Å². The van der Waals surface area contributed by atoms with Crippen molar-refractivity contribution in [3.8, 4) is 0 Å². The van der Waals surface area contributed by atoms with Gasteiger partial charge in [-0.3, -0.25) is 14.1 Å². The Morgan fingerprint density at radius 1 is 1.48 bits per heavy atom. The molecule has 10 nitrogen and oxygen atoms in total. The monoisotopic (exact) mass is 392 g/mol. The molecule has 2 rings (SSSR count). The minimum atomic E-state index is -4.72. The van der Waals surface area contributed by atoms with E-state index in [0.717, 1.165) is 16.7 Å². The standard InChI is InChI=1S/C13H16N2O8S2/c1-6(23-25(20,21)22)10-8-5-9(24-4-3-14-7(2)16)11(13(18)19)15(8)12(10)17/h3-4,6,8,10H,5H2,1-2H3,(H,14,16)(H,18,19)(H,20,21,22)/t6-,8+,10-/m0/s1. The van der Waals surface area contributed by atoms with Gasteiger partial charge in [-0.15, -0.1) is 0 Å². The van der Waals surface area contributed by atoms with Gasteiger partial charge in [-0.2, -0.15) is 8.42 Å². The van der Waals surface area contributed by atoms with E-state index in [1.54, 1.807) is 0 Å². The molecule has 0 aromatic heterocycles. The molecule has 0 bridgehead atoms. The fourth-order valence-electron chi connectivity index (χ4n) is 2.84. The summed E-state index contributed by atoms with van der Waals surface area (Å²) in [6.07, 6.45) is 0.420. The first-order chi connectivity index (χ1) is 11.5. The van der Waals surface area contributed by atoms with Crippen LogP contribution < -0.4 is 5.32 Å². The summed E-state index contributed by atoms with van der Waals surface area (Å²) in [6, 6.07) is -0.563. The van der Waals surface area contributed by atoms with Gasteiger partial charge in [0, 0.05) is 24.4 Å². The molecule has 1 saturated heterocycles. The lowest BCUT2D eigenvalue weighted by Gasteiger charge is -2.45. The molecular weight excluding hydrogens is 376 g/mol. The van der Waals surface area contributed by atoms with Crippen LogP contribution in [0.1, 0.15) is 20.3 Å². The fraction of sp³-hybridized carbons (Fsp3) is 0.462. The lowest BCUT2D eigenvalue weighted by atomic mass is 9.83. The SMILES string of the molecule is CC(=O)NC=CSC1=C(C(=O)O)N2C(=O)[C@@H]([C@H](C)OS(=O)(=O)O)[C@H]2C1. The van der Waals surface area contributed by atoms with Crippen molar-refractivity contribution in [2.24, 2.45) is 5.92 Å². The summed E-state index contributed by atoms with van der Waals surface area (Å²) in [5, 5.41) is 13.2. The van der Waals surface area contributed by atoms with Gasteiger partial charge in [-0.05, 0) is 12.3 Å². The number of fused-ring (bicyclic) bond motifs is 1. The predicted molar refractivity (Wildman–Crippen MR) is 86.0 cm³/mol. The number of rotatable bonds is 7. The molecule has 0 aliphatic carbocycles. The second-order valence-electron chi connectivity index (χ2n) is 5.43. The number of hydrogen-bond donors (Lipinski definition) is 3. The number of carboxylic acids is 1. The van der Waals surface area contributed by atoms with E-state index in [2.05, 4.69) is 9.50 Å². The number of amides is 2. The lowest BCUT2D eigenvalue weighted by Crippen LogP contribution is -2.62. The molecule has 12 heteroatoms.